The zero-order valence-corrected chi connectivity index (χ0v) is 14.5. The molecule has 1 aromatic rings. The van der Waals surface area contributed by atoms with Gasteiger partial charge in [0.1, 0.15) is 11.6 Å². The lowest BCUT2D eigenvalue weighted by Crippen LogP contribution is -2.51. The van der Waals surface area contributed by atoms with Crippen LogP contribution >= 0.6 is 0 Å². The van der Waals surface area contributed by atoms with E-state index in [1.807, 2.05) is 4.90 Å². The molecule has 0 N–H and O–H groups in total. The standard InChI is InChI=1S/C19H25FN2O3/c20-16-5-7-17(8-6-16)25-14-9-18(23)21-10-12-22(13-11-21)19(24)15-3-1-2-4-15/h5-8,15H,1-4,9-14H2. The fourth-order valence-corrected chi connectivity index (χ4v) is 3.55. The molecule has 2 aliphatic rings. The molecule has 1 saturated carbocycles. The number of benzene rings is 1. The Hall–Kier alpha value is -2.11. The molecule has 1 aromatic carbocycles. The maximum atomic E-state index is 12.8. The molecule has 0 atom stereocenters. The predicted molar refractivity (Wildman–Crippen MR) is 91.6 cm³/mol. The first-order valence-electron chi connectivity index (χ1n) is 9.08. The molecule has 136 valence electrons. The van der Waals surface area contributed by atoms with Gasteiger partial charge in [-0.2, -0.15) is 0 Å². The Bertz CT molecular complexity index is 591. The van der Waals surface area contributed by atoms with E-state index in [2.05, 4.69) is 0 Å². The largest absolute Gasteiger partial charge is 0.493 e. The van der Waals surface area contributed by atoms with Gasteiger partial charge in [-0.25, -0.2) is 4.39 Å². The number of rotatable bonds is 5. The Labute approximate surface area is 147 Å². The quantitative estimate of drug-likeness (QED) is 0.821. The number of ether oxygens (including phenoxy) is 1. The van der Waals surface area contributed by atoms with Gasteiger partial charge in [-0.1, -0.05) is 12.8 Å². The summed E-state index contributed by atoms with van der Waals surface area (Å²) >= 11 is 0. The molecule has 2 amide bonds. The van der Waals surface area contributed by atoms with Crippen molar-refractivity contribution < 1.29 is 18.7 Å². The lowest BCUT2D eigenvalue weighted by Gasteiger charge is -2.36. The SMILES string of the molecule is O=C(CCOc1ccc(F)cc1)N1CCN(C(=O)C2CCCC2)CC1. The van der Waals surface area contributed by atoms with E-state index in [1.54, 1.807) is 17.0 Å². The van der Waals surface area contributed by atoms with Crippen LogP contribution in [0.25, 0.3) is 0 Å². The van der Waals surface area contributed by atoms with Crippen LogP contribution in [-0.4, -0.2) is 54.4 Å². The summed E-state index contributed by atoms with van der Waals surface area (Å²) < 4.78 is 18.3. The summed E-state index contributed by atoms with van der Waals surface area (Å²) in [5, 5.41) is 0. The summed E-state index contributed by atoms with van der Waals surface area (Å²) in [7, 11) is 0. The summed E-state index contributed by atoms with van der Waals surface area (Å²) in [4.78, 5) is 28.4. The van der Waals surface area contributed by atoms with Crippen molar-refractivity contribution in [3.63, 3.8) is 0 Å². The van der Waals surface area contributed by atoms with Gasteiger partial charge in [-0.15, -0.1) is 0 Å². The fraction of sp³-hybridized carbons (Fsp3) is 0.579. The summed E-state index contributed by atoms with van der Waals surface area (Å²) in [6, 6.07) is 5.76. The Morgan fingerprint density at radius 2 is 1.60 bits per heavy atom. The van der Waals surface area contributed by atoms with E-state index in [-0.39, 0.29) is 36.6 Å². The molecule has 0 bridgehead atoms. The van der Waals surface area contributed by atoms with Gasteiger partial charge < -0.3 is 14.5 Å². The Balaban J connectivity index is 1.37. The van der Waals surface area contributed by atoms with E-state index in [1.165, 1.54) is 12.1 Å². The molecule has 0 unspecified atom stereocenters. The third kappa shape index (κ3) is 4.71. The predicted octanol–water partition coefficient (Wildman–Crippen LogP) is 2.46. The number of hydrogen-bond acceptors (Lipinski definition) is 3. The molecule has 5 nitrogen and oxygen atoms in total. The van der Waals surface area contributed by atoms with E-state index in [0.717, 1.165) is 25.7 Å². The van der Waals surface area contributed by atoms with E-state index < -0.39 is 0 Å². The second-order valence-electron chi connectivity index (χ2n) is 6.74. The second kappa shape index (κ2) is 8.32. The first-order valence-corrected chi connectivity index (χ1v) is 9.08. The number of piperazine rings is 1. The first-order chi connectivity index (χ1) is 12.1. The van der Waals surface area contributed by atoms with Crippen LogP contribution in [-0.2, 0) is 9.59 Å². The van der Waals surface area contributed by atoms with Crippen LogP contribution in [0.2, 0.25) is 0 Å². The molecule has 0 radical (unpaired) electrons. The minimum Gasteiger partial charge on any atom is -0.493 e. The zero-order valence-electron chi connectivity index (χ0n) is 14.5. The van der Waals surface area contributed by atoms with Gasteiger partial charge in [-0.05, 0) is 37.1 Å². The van der Waals surface area contributed by atoms with Gasteiger partial charge in [0.05, 0.1) is 13.0 Å². The van der Waals surface area contributed by atoms with Gasteiger partial charge in [0, 0.05) is 32.1 Å². The van der Waals surface area contributed by atoms with Crippen LogP contribution in [0.15, 0.2) is 24.3 Å². The van der Waals surface area contributed by atoms with E-state index in [4.69, 9.17) is 4.74 Å². The monoisotopic (exact) mass is 348 g/mol. The van der Waals surface area contributed by atoms with Crippen LogP contribution in [0, 0.1) is 11.7 Å². The van der Waals surface area contributed by atoms with Crippen LogP contribution in [0.3, 0.4) is 0 Å². The number of carbonyl (C=O) groups excluding carboxylic acids is 2. The van der Waals surface area contributed by atoms with Crippen LogP contribution < -0.4 is 4.74 Å². The number of nitrogens with zero attached hydrogens (tertiary/aromatic N) is 2. The van der Waals surface area contributed by atoms with Gasteiger partial charge in [0.25, 0.3) is 0 Å². The Morgan fingerprint density at radius 1 is 1.00 bits per heavy atom. The van der Waals surface area contributed by atoms with Gasteiger partial charge >= 0.3 is 0 Å². The van der Waals surface area contributed by atoms with Crippen molar-refractivity contribution in [1.82, 2.24) is 9.80 Å². The first kappa shape index (κ1) is 17.7. The highest BCUT2D eigenvalue weighted by Gasteiger charge is 2.30. The van der Waals surface area contributed by atoms with Gasteiger partial charge in [0.2, 0.25) is 11.8 Å². The second-order valence-corrected chi connectivity index (χ2v) is 6.74. The molecule has 1 heterocycles. The third-order valence-electron chi connectivity index (χ3n) is 5.05. The van der Waals surface area contributed by atoms with Crippen LogP contribution in [0.4, 0.5) is 4.39 Å². The van der Waals surface area contributed by atoms with Crippen molar-refractivity contribution in [2.24, 2.45) is 5.92 Å². The van der Waals surface area contributed by atoms with Crippen molar-refractivity contribution in [1.29, 1.82) is 0 Å². The molecule has 2 fully saturated rings. The maximum Gasteiger partial charge on any atom is 0.226 e. The third-order valence-corrected chi connectivity index (χ3v) is 5.05. The minimum atomic E-state index is -0.312. The van der Waals surface area contributed by atoms with E-state index in [0.29, 0.717) is 31.9 Å². The lowest BCUT2D eigenvalue weighted by molar-refractivity contribution is -0.142. The molecule has 0 spiro atoms. The topological polar surface area (TPSA) is 49.9 Å². The van der Waals surface area contributed by atoms with Crippen molar-refractivity contribution in [3.8, 4) is 5.75 Å². The fourth-order valence-electron chi connectivity index (χ4n) is 3.55. The average molecular weight is 348 g/mol. The van der Waals surface area contributed by atoms with Crippen molar-refractivity contribution in [2.45, 2.75) is 32.1 Å². The van der Waals surface area contributed by atoms with Crippen molar-refractivity contribution in [2.75, 3.05) is 32.8 Å². The molecule has 0 aromatic heterocycles. The number of halogens is 1. The van der Waals surface area contributed by atoms with E-state index in [9.17, 15) is 14.0 Å². The highest BCUT2D eigenvalue weighted by Crippen LogP contribution is 2.27. The minimum absolute atomic E-state index is 0.0371. The zero-order chi connectivity index (χ0) is 17.6. The average Bonchev–Trinajstić information content (AvgIpc) is 3.17. The number of carbonyl (C=O) groups is 2. The molecular weight excluding hydrogens is 323 g/mol. The molecule has 3 rings (SSSR count). The molecule has 1 aliphatic heterocycles. The smallest absolute Gasteiger partial charge is 0.226 e. The summed E-state index contributed by atoms with van der Waals surface area (Å²) in [5.74, 6) is 0.750. The van der Waals surface area contributed by atoms with E-state index >= 15 is 0 Å². The Kier molecular flexibility index (Phi) is 5.89. The Morgan fingerprint density at radius 3 is 2.24 bits per heavy atom. The van der Waals surface area contributed by atoms with Gasteiger partial charge in [-0.3, -0.25) is 9.59 Å². The summed E-state index contributed by atoms with van der Waals surface area (Å²) in [6.07, 6.45) is 4.62. The summed E-state index contributed by atoms with van der Waals surface area (Å²) in [5.41, 5.74) is 0. The number of amides is 2. The molecule has 1 saturated heterocycles. The number of hydrogen-bond donors (Lipinski definition) is 0. The van der Waals surface area contributed by atoms with Crippen LogP contribution in [0.5, 0.6) is 5.75 Å². The highest BCUT2D eigenvalue weighted by molar-refractivity contribution is 5.80. The molecular formula is C19H25FN2O3. The molecule has 25 heavy (non-hydrogen) atoms. The van der Waals surface area contributed by atoms with Crippen molar-refractivity contribution in [3.05, 3.63) is 30.1 Å². The van der Waals surface area contributed by atoms with Crippen molar-refractivity contribution >= 4 is 11.8 Å². The van der Waals surface area contributed by atoms with Gasteiger partial charge in [0.15, 0.2) is 0 Å². The summed E-state index contributed by atoms with van der Waals surface area (Å²) in [6.45, 7) is 2.70. The van der Waals surface area contributed by atoms with Crippen LogP contribution in [0.1, 0.15) is 32.1 Å². The lowest BCUT2D eigenvalue weighted by atomic mass is 10.1. The normalized spacial score (nSPS) is 18.4. The highest BCUT2D eigenvalue weighted by atomic mass is 19.1. The maximum absolute atomic E-state index is 12.8. The molecule has 1 aliphatic carbocycles. The molecule has 6 heteroatoms.